The lowest BCUT2D eigenvalue weighted by molar-refractivity contribution is -0.122. The van der Waals surface area contributed by atoms with Crippen LogP contribution in [0.4, 0.5) is 11.6 Å². The fraction of sp³-hybridized carbons (Fsp3) is 0.792. The number of carbonyl (C=O) groups is 1. The number of carbonyl (C=O) groups excluding carboxylic acids is 1. The van der Waals surface area contributed by atoms with Gasteiger partial charge in [0, 0.05) is 31.2 Å². The van der Waals surface area contributed by atoms with Gasteiger partial charge in [0.1, 0.15) is 5.82 Å². The third kappa shape index (κ3) is 4.08. The van der Waals surface area contributed by atoms with Crippen LogP contribution in [-0.4, -0.2) is 53.2 Å². The SMILES string of the molecule is CCCN1C(=O)C(C)(C)c2cc(N[C@@H]3C[C@@H]4CN(CCC(C)(C)C)C[C@@H]4C3)nnc21. The molecule has 4 rings (SSSR count). The molecule has 2 aliphatic heterocycles. The molecule has 6 nitrogen and oxygen atoms in total. The molecule has 1 saturated carbocycles. The number of nitrogens with zero attached hydrogens (tertiary/aromatic N) is 4. The number of anilines is 2. The van der Waals surface area contributed by atoms with Crippen molar-refractivity contribution in [3.8, 4) is 0 Å². The van der Waals surface area contributed by atoms with Crippen LogP contribution in [0.15, 0.2) is 6.07 Å². The van der Waals surface area contributed by atoms with Crippen molar-refractivity contribution in [1.29, 1.82) is 0 Å². The minimum atomic E-state index is -0.531. The van der Waals surface area contributed by atoms with Crippen molar-refractivity contribution >= 4 is 17.5 Å². The van der Waals surface area contributed by atoms with Crippen LogP contribution in [0.25, 0.3) is 0 Å². The lowest BCUT2D eigenvalue weighted by Gasteiger charge is -2.24. The van der Waals surface area contributed by atoms with E-state index in [0.29, 0.717) is 18.0 Å². The number of hydrogen-bond acceptors (Lipinski definition) is 5. The van der Waals surface area contributed by atoms with Crippen molar-refractivity contribution in [2.24, 2.45) is 17.3 Å². The highest BCUT2D eigenvalue weighted by atomic mass is 16.2. The minimum absolute atomic E-state index is 0.136. The van der Waals surface area contributed by atoms with Gasteiger partial charge in [-0.1, -0.05) is 27.7 Å². The van der Waals surface area contributed by atoms with Crippen LogP contribution in [-0.2, 0) is 10.2 Å². The quantitative estimate of drug-likeness (QED) is 0.762. The molecule has 0 aromatic carbocycles. The summed E-state index contributed by atoms with van der Waals surface area (Å²) in [6.45, 7) is 17.5. The molecule has 3 atom stereocenters. The van der Waals surface area contributed by atoms with Crippen molar-refractivity contribution in [1.82, 2.24) is 15.1 Å². The number of fused-ring (bicyclic) bond motifs is 2. The van der Waals surface area contributed by atoms with E-state index in [4.69, 9.17) is 0 Å². The van der Waals surface area contributed by atoms with E-state index in [0.717, 1.165) is 35.5 Å². The Bertz CT molecular complexity index is 785. The predicted molar refractivity (Wildman–Crippen MR) is 122 cm³/mol. The highest BCUT2D eigenvalue weighted by Gasteiger charge is 2.46. The van der Waals surface area contributed by atoms with Gasteiger partial charge in [-0.15, -0.1) is 10.2 Å². The van der Waals surface area contributed by atoms with E-state index >= 15 is 0 Å². The second-order valence-electron chi connectivity index (χ2n) is 11.5. The zero-order valence-electron chi connectivity index (χ0n) is 19.7. The van der Waals surface area contributed by atoms with Crippen molar-refractivity contribution in [2.45, 2.75) is 78.7 Å². The molecule has 2 fully saturated rings. The standard InChI is InChI=1S/C24H39N5O/c1-7-9-29-21-19(24(5,6)22(29)30)13-20(26-27-21)25-18-11-16-14-28(15-17(16)12-18)10-8-23(2,3)4/h13,16-18H,7-12,14-15H2,1-6H3,(H,25,26)/t16-,17+,18-. The molecule has 0 radical (unpaired) electrons. The number of nitrogens with one attached hydrogen (secondary N) is 1. The first kappa shape index (κ1) is 21.5. The Kier molecular flexibility index (Phi) is 5.58. The molecule has 3 aliphatic rings. The Morgan fingerprint density at radius 2 is 1.80 bits per heavy atom. The van der Waals surface area contributed by atoms with Crippen LogP contribution in [0.5, 0.6) is 0 Å². The summed E-state index contributed by atoms with van der Waals surface area (Å²) >= 11 is 0. The van der Waals surface area contributed by atoms with E-state index in [-0.39, 0.29) is 5.91 Å². The van der Waals surface area contributed by atoms with E-state index in [2.05, 4.69) is 54.2 Å². The van der Waals surface area contributed by atoms with Gasteiger partial charge in [-0.3, -0.25) is 9.69 Å². The summed E-state index contributed by atoms with van der Waals surface area (Å²) in [6.07, 6.45) is 4.60. The molecule has 1 amide bonds. The minimum Gasteiger partial charge on any atom is -0.366 e. The zero-order chi connectivity index (χ0) is 21.7. The molecule has 0 bridgehead atoms. The summed E-state index contributed by atoms with van der Waals surface area (Å²) in [5.74, 6) is 3.29. The maximum absolute atomic E-state index is 12.8. The topological polar surface area (TPSA) is 61.4 Å². The molecule has 6 heteroatoms. The number of aromatic nitrogens is 2. The van der Waals surface area contributed by atoms with Crippen molar-refractivity contribution < 1.29 is 4.79 Å². The average Bonchev–Trinajstić information content (AvgIpc) is 3.26. The fourth-order valence-electron chi connectivity index (χ4n) is 5.50. The van der Waals surface area contributed by atoms with Crippen LogP contribution < -0.4 is 10.2 Å². The van der Waals surface area contributed by atoms with Gasteiger partial charge in [0.25, 0.3) is 0 Å². The third-order valence-electron chi connectivity index (χ3n) is 7.29. The second kappa shape index (κ2) is 7.77. The molecule has 166 valence electrons. The van der Waals surface area contributed by atoms with Crippen LogP contribution in [0.3, 0.4) is 0 Å². The highest BCUT2D eigenvalue weighted by molar-refractivity contribution is 6.06. The summed E-state index contributed by atoms with van der Waals surface area (Å²) in [5, 5.41) is 12.6. The van der Waals surface area contributed by atoms with E-state index in [9.17, 15) is 4.79 Å². The first-order valence-corrected chi connectivity index (χ1v) is 11.8. The molecule has 0 spiro atoms. The molecule has 1 saturated heterocycles. The molecular formula is C24H39N5O. The van der Waals surface area contributed by atoms with Crippen molar-refractivity contribution in [3.63, 3.8) is 0 Å². The number of amides is 1. The Morgan fingerprint density at radius 3 is 2.40 bits per heavy atom. The summed E-state index contributed by atoms with van der Waals surface area (Å²) in [5.41, 5.74) is 0.886. The van der Waals surface area contributed by atoms with Gasteiger partial charge >= 0.3 is 0 Å². The van der Waals surface area contributed by atoms with E-state index in [1.165, 1.54) is 38.9 Å². The number of likely N-dealkylation sites (tertiary alicyclic amines) is 1. The van der Waals surface area contributed by atoms with Gasteiger partial charge < -0.3 is 10.2 Å². The highest BCUT2D eigenvalue weighted by Crippen LogP contribution is 2.42. The largest absolute Gasteiger partial charge is 0.366 e. The Balaban J connectivity index is 1.37. The average molecular weight is 414 g/mol. The van der Waals surface area contributed by atoms with E-state index < -0.39 is 5.41 Å². The van der Waals surface area contributed by atoms with Crippen LogP contribution in [0.2, 0.25) is 0 Å². The van der Waals surface area contributed by atoms with Gasteiger partial charge in [0.2, 0.25) is 5.91 Å². The molecule has 1 N–H and O–H groups in total. The Labute approximate surface area is 181 Å². The summed E-state index contributed by atoms with van der Waals surface area (Å²) in [6, 6.07) is 2.53. The third-order valence-corrected chi connectivity index (χ3v) is 7.29. The normalized spacial score (nSPS) is 28.1. The second-order valence-corrected chi connectivity index (χ2v) is 11.5. The summed E-state index contributed by atoms with van der Waals surface area (Å²) in [4.78, 5) is 17.3. The maximum Gasteiger partial charge on any atom is 0.238 e. The molecule has 0 unspecified atom stereocenters. The summed E-state index contributed by atoms with van der Waals surface area (Å²) < 4.78 is 0. The molecule has 30 heavy (non-hydrogen) atoms. The fourth-order valence-corrected chi connectivity index (χ4v) is 5.50. The van der Waals surface area contributed by atoms with Crippen molar-refractivity contribution in [3.05, 3.63) is 11.6 Å². The lowest BCUT2D eigenvalue weighted by Crippen LogP contribution is -2.36. The van der Waals surface area contributed by atoms with Crippen LogP contribution in [0, 0.1) is 17.3 Å². The van der Waals surface area contributed by atoms with Gasteiger partial charge in [-0.05, 0) is 69.4 Å². The van der Waals surface area contributed by atoms with Crippen molar-refractivity contribution in [2.75, 3.05) is 36.4 Å². The van der Waals surface area contributed by atoms with E-state index in [1.807, 2.05) is 13.8 Å². The van der Waals surface area contributed by atoms with Gasteiger partial charge in [0.05, 0.1) is 5.41 Å². The molecular weight excluding hydrogens is 374 g/mol. The predicted octanol–water partition coefficient (Wildman–Crippen LogP) is 4.07. The summed E-state index contributed by atoms with van der Waals surface area (Å²) in [7, 11) is 0. The molecule has 1 aromatic rings. The van der Waals surface area contributed by atoms with Gasteiger partial charge in [-0.2, -0.15) is 0 Å². The smallest absolute Gasteiger partial charge is 0.238 e. The number of rotatable bonds is 6. The Morgan fingerprint density at radius 1 is 1.13 bits per heavy atom. The zero-order valence-corrected chi connectivity index (χ0v) is 19.7. The lowest BCUT2D eigenvalue weighted by atomic mass is 9.87. The monoisotopic (exact) mass is 413 g/mol. The molecule has 3 heterocycles. The van der Waals surface area contributed by atoms with E-state index in [1.54, 1.807) is 4.90 Å². The first-order chi connectivity index (χ1) is 14.1. The Hall–Kier alpha value is -1.69. The van der Waals surface area contributed by atoms with Crippen LogP contribution >= 0.6 is 0 Å². The molecule has 1 aliphatic carbocycles. The van der Waals surface area contributed by atoms with Gasteiger partial charge in [0.15, 0.2) is 5.82 Å². The molecule has 1 aromatic heterocycles. The first-order valence-electron chi connectivity index (χ1n) is 11.8. The van der Waals surface area contributed by atoms with Gasteiger partial charge in [-0.25, -0.2) is 0 Å². The van der Waals surface area contributed by atoms with Crippen LogP contribution in [0.1, 0.15) is 72.8 Å². The maximum atomic E-state index is 12.8. The number of hydrogen-bond donors (Lipinski definition) is 1.